The van der Waals surface area contributed by atoms with Crippen molar-refractivity contribution in [2.24, 2.45) is 35.5 Å². The van der Waals surface area contributed by atoms with Crippen LogP contribution in [0.25, 0.3) is 11.1 Å². The molecule has 3 fully saturated rings. The molecule has 6 atom stereocenters. The molecular weight excluding hydrogens is 478 g/mol. The van der Waals surface area contributed by atoms with E-state index in [0.717, 1.165) is 17.5 Å². The van der Waals surface area contributed by atoms with Gasteiger partial charge in [0.1, 0.15) is 0 Å². The van der Waals surface area contributed by atoms with E-state index >= 15 is 0 Å². The van der Waals surface area contributed by atoms with Gasteiger partial charge in [0.05, 0.1) is 23.1 Å². The number of Topliss-reactive ketones (excluding diaryl/α,β-unsaturated/α-hetero) is 1. The van der Waals surface area contributed by atoms with Crippen LogP contribution in [0, 0.1) is 35.5 Å². The topological polar surface area (TPSA) is 80.8 Å². The molecule has 188 valence electrons. The average molecular weight is 504 g/mol. The van der Waals surface area contributed by atoms with Gasteiger partial charge in [-0.2, -0.15) is 0 Å². The summed E-state index contributed by atoms with van der Waals surface area (Å²) in [6.45, 7) is -0.379. The minimum atomic E-state index is -0.638. The predicted molar refractivity (Wildman–Crippen MR) is 140 cm³/mol. The van der Waals surface area contributed by atoms with E-state index in [0.29, 0.717) is 23.1 Å². The third kappa shape index (κ3) is 3.55. The van der Waals surface area contributed by atoms with Crippen molar-refractivity contribution in [1.29, 1.82) is 0 Å². The number of allylic oxidation sites excluding steroid dienone is 2. The summed E-state index contributed by atoms with van der Waals surface area (Å²) >= 11 is 0. The number of carbonyl (C=O) groups excluding carboxylic acids is 4. The summed E-state index contributed by atoms with van der Waals surface area (Å²) < 4.78 is 5.25. The lowest BCUT2D eigenvalue weighted by Gasteiger charge is -2.37. The molecule has 5 aliphatic rings. The maximum Gasteiger partial charge on any atom is 0.338 e. The molecule has 1 heterocycles. The molecule has 1 saturated heterocycles. The molecule has 0 N–H and O–H groups in total. The zero-order valence-electron chi connectivity index (χ0n) is 20.5. The van der Waals surface area contributed by atoms with Crippen LogP contribution in [0.3, 0.4) is 0 Å². The predicted octanol–water partition coefficient (Wildman–Crippen LogP) is 4.95. The third-order valence-electron chi connectivity index (χ3n) is 8.67. The Bertz CT molecular complexity index is 1460. The number of rotatable bonds is 6. The second-order valence-electron chi connectivity index (χ2n) is 10.7. The number of benzene rings is 3. The summed E-state index contributed by atoms with van der Waals surface area (Å²) in [6.07, 6.45) is 5.41. The van der Waals surface area contributed by atoms with Gasteiger partial charge in [0.25, 0.3) is 0 Å². The van der Waals surface area contributed by atoms with Crippen molar-refractivity contribution in [2.45, 2.75) is 6.42 Å². The summed E-state index contributed by atoms with van der Waals surface area (Å²) in [5.74, 6) is -0.317. The number of carbonyl (C=O) groups is 4. The van der Waals surface area contributed by atoms with E-state index in [-0.39, 0.29) is 53.4 Å². The van der Waals surface area contributed by atoms with Crippen molar-refractivity contribution >= 4 is 29.3 Å². The normalized spacial score (nSPS) is 28.2. The number of hydrogen-bond acceptors (Lipinski definition) is 5. The fraction of sp³-hybridized carbons (Fsp3) is 0.250. The molecule has 6 heteroatoms. The van der Waals surface area contributed by atoms with Gasteiger partial charge in [-0.25, -0.2) is 4.79 Å². The zero-order chi connectivity index (χ0) is 26.0. The molecule has 2 amide bonds. The van der Waals surface area contributed by atoms with Crippen LogP contribution in [-0.4, -0.2) is 30.2 Å². The van der Waals surface area contributed by atoms with Crippen molar-refractivity contribution in [2.75, 3.05) is 11.5 Å². The number of esters is 1. The van der Waals surface area contributed by atoms with Gasteiger partial charge in [-0.05, 0) is 65.5 Å². The van der Waals surface area contributed by atoms with E-state index in [1.165, 1.54) is 17.0 Å². The van der Waals surface area contributed by atoms with Crippen LogP contribution in [-0.2, 0) is 14.3 Å². The molecule has 1 aliphatic heterocycles. The van der Waals surface area contributed by atoms with Crippen molar-refractivity contribution < 1.29 is 23.9 Å². The molecular formula is C32H25NO5. The summed E-state index contributed by atoms with van der Waals surface area (Å²) in [7, 11) is 0. The van der Waals surface area contributed by atoms with Gasteiger partial charge >= 0.3 is 5.97 Å². The lowest BCUT2D eigenvalue weighted by molar-refractivity contribution is -0.124. The van der Waals surface area contributed by atoms with Crippen LogP contribution in [0.15, 0.2) is 91.0 Å². The van der Waals surface area contributed by atoms with Gasteiger partial charge in [0.15, 0.2) is 12.4 Å². The van der Waals surface area contributed by atoms with Crippen molar-refractivity contribution in [3.05, 3.63) is 102 Å². The number of anilines is 1. The molecule has 0 unspecified atom stereocenters. The Hall–Kier alpha value is -4.32. The lowest BCUT2D eigenvalue weighted by Crippen LogP contribution is -2.40. The summed E-state index contributed by atoms with van der Waals surface area (Å²) in [5.41, 5.74) is 3.22. The molecule has 0 aromatic heterocycles. The van der Waals surface area contributed by atoms with Gasteiger partial charge in [-0.3, -0.25) is 19.3 Å². The van der Waals surface area contributed by atoms with Crippen LogP contribution >= 0.6 is 0 Å². The first-order valence-corrected chi connectivity index (χ1v) is 13.0. The second-order valence-corrected chi connectivity index (χ2v) is 10.7. The number of ether oxygens (including phenoxy) is 1. The van der Waals surface area contributed by atoms with Crippen molar-refractivity contribution in [1.82, 2.24) is 0 Å². The fourth-order valence-electron chi connectivity index (χ4n) is 6.73. The number of hydrogen-bond donors (Lipinski definition) is 0. The van der Waals surface area contributed by atoms with Gasteiger partial charge in [0.2, 0.25) is 11.8 Å². The first kappa shape index (κ1) is 22.8. The van der Waals surface area contributed by atoms with E-state index in [1.54, 1.807) is 24.3 Å². The molecule has 38 heavy (non-hydrogen) atoms. The third-order valence-corrected chi connectivity index (χ3v) is 8.67. The fourth-order valence-corrected chi connectivity index (χ4v) is 6.73. The molecule has 3 aromatic carbocycles. The Morgan fingerprint density at radius 1 is 0.711 bits per heavy atom. The highest BCUT2D eigenvalue weighted by atomic mass is 16.5. The number of amides is 2. The monoisotopic (exact) mass is 503 g/mol. The minimum Gasteiger partial charge on any atom is -0.454 e. The van der Waals surface area contributed by atoms with Crippen molar-refractivity contribution in [3.63, 3.8) is 0 Å². The largest absolute Gasteiger partial charge is 0.454 e. The van der Waals surface area contributed by atoms with Gasteiger partial charge in [-0.1, -0.05) is 66.7 Å². The van der Waals surface area contributed by atoms with Gasteiger partial charge in [0, 0.05) is 5.56 Å². The zero-order valence-corrected chi connectivity index (χ0v) is 20.5. The number of imide groups is 1. The molecule has 6 nitrogen and oxygen atoms in total. The first-order chi connectivity index (χ1) is 18.5. The highest BCUT2D eigenvalue weighted by Gasteiger charge is 2.67. The van der Waals surface area contributed by atoms with E-state index < -0.39 is 5.97 Å². The van der Waals surface area contributed by atoms with Crippen LogP contribution in [0.5, 0.6) is 0 Å². The summed E-state index contributed by atoms with van der Waals surface area (Å²) in [4.78, 5) is 53.0. The molecule has 2 saturated carbocycles. The number of ketones is 1. The Morgan fingerprint density at radius 3 is 1.87 bits per heavy atom. The average Bonchev–Trinajstić information content (AvgIpc) is 3.75. The number of nitrogens with zero attached hydrogens (tertiary/aromatic N) is 1. The van der Waals surface area contributed by atoms with Crippen molar-refractivity contribution in [3.8, 4) is 11.1 Å². The van der Waals surface area contributed by atoms with Crippen LogP contribution < -0.4 is 4.90 Å². The maximum atomic E-state index is 13.3. The maximum absolute atomic E-state index is 13.3. The van der Waals surface area contributed by atoms with E-state index in [2.05, 4.69) is 12.2 Å². The molecule has 0 radical (unpaired) electrons. The molecule has 8 rings (SSSR count). The lowest BCUT2D eigenvalue weighted by atomic mass is 9.63. The second kappa shape index (κ2) is 8.62. The first-order valence-electron chi connectivity index (χ1n) is 13.0. The smallest absolute Gasteiger partial charge is 0.338 e. The van der Waals surface area contributed by atoms with Gasteiger partial charge in [-0.15, -0.1) is 0 Å². The molecule has 3 aromatic rings. The summed E-state index contributed by atoms with van der Waals surface area (Å²) in [5, 5.41) is 0. The van der Waals surface area contributed by atoms with Crippen LogP contribution in [0.4, 0.5) is 5.69 Å². The quantitative estimate of drug-likeness (QED) is 0.206. The Labute approximate surface area is 219 Å². The highest BCUT2D eigenvalue weighted by Crippen LogP contribution is 2.65. The van der Waals surface area contributed by atoms with Crippen LogP contribution in [0.2, 0.25) is 0 Å². The van der Waals surface area contributed by atoms with E-state index in [1.807, 2.05) is 42.5 Å². The Balaban J connectivity index is 0.994. The molecule has 0 spiro atoms. The highest BCUT2D eigenvalue weighted by molar-refractivity contribution is 6.22. The standard InChI is InChI=1S/C32H25NO5/c34-27(20-8-6-19(7-9-20)18-4-2-1-3-5-18)17-38-32(37)21-10-12-22(13-11-21)33-30(35)28-23-14-15-24(26-16-25(23)26)29(28)31(33)36/h1-15,23-26,28-29H,16-17H2/t23-,24-,25-,26+,28+,29+/m0/s1. The molecule has 4 aliphatic carbocycles. The summed E-state index contributed by atoms with van der Waals surface area (Å²) in [6, 6.07) is 23.3. The van der Waals surface area contributed by atoms with E-state index in [4.69, 9.17) is 4.74 Å². The Morgan fingerprint density at radius 2 is 1.26 bits per heavy atom. The van der Waals surface area contributed by atoms with Gasteiger partial charge < -0.3 is 4.74 Å². The van der Waals surface area contributed by atoms with Crippen LogP contribution in [0.1, 0.15) is 27.1 Å². The van der Waals surface area contributed by atoms with E-state index in [9.17, 15) is 19.2 Å². The molecule has 2 bridgehead atoms. The Kier molecular flexibility index (Phi) is 5.18. The minimum absolute atomic E-state index is 0.135. The SMILES string of the molecule is O=C(COC(=O)c1ccc(N2C(=O)[C@@H]3[C@H]4C=C[C@@H]([C@@H]5C[C@H]45)[C@H]3C2=O)cc1)c1ccc(-c2ccccc2)cc1.